The second-order valence-corrected chi connectivity index (χ2v) is 4.77. The van der Waals surface area contributed by atoms with E-state index < -0.39 is 11.3 Å². The fourth-order valence-electron chi connectivity index (χ4n) is 0.552. The van der Waals surface area contributed by atoms with Gasteiger partial charge in [-0.1, -0.05) is 11.8 Å². The highest BCUT2D eigenvalue weighted by molar-refractivity contribution is 8.01. The maximum atomic E-state index is 10.3. The van der Waals surface area contributed by atoms with Crippen LogP contribution in [0.1, 0.15) is 5.82 Å². The van der Waals surface area contributed by atoms with Crippen LogP contribution in [0.5, 0.6) is 0 Å². The molecule has 0 saturated heterocycles. The number of carboxylic acid groups (broad SMARTS) is 1. The zero-order chi connectivity index (χ0) is 9.84. The number of rotatable bonds is 4. The van der Waals surface area contributed by atoms with Crippen molar-refractivity contribution in [2.75, 3.05) is 5.75 Å². The van der Waals surface area contributed by atoms with E-state index in [4.69, 9.17) is 16.7 Å². The minimum Gasteiger partial charge on any atom is -0.480 e. The molecular formula is C6H7ClN2O2S2. The summed E-state index contributed by atoms with van der Waals surface area (Å²) in [5.74, 6) is 0.00951. The largest absolute Gasteiger partial charge is 0.480 e. The Morgan fingerprint density at radius 3 is 3.00 bits per heavy atom. The molecule has 0 spiro atoms. The Bertz CT molecular complexity index is 305. The summed E-state index contributed by atoms with van der Waals surface area (Å²) in [6.45, 7) is 1.79. The van der Waals surface area contributed by atoms with Gasteiger partial charge in [-0.05, 0) is 18.5 Å². The molecule has 0 aliphatic rings. The fraction of sp³-hybridized carbons (Fsp3) is 0.500. The third-order valence-electron chi connectivity index (χ3n) is 1.13. The first-order valence-electron chi connectivity index (χ1n) is 3.39. The third-order valence-corrected chi connectivity index (χ3v) is 3.67. The number of hydrogen-bond donors (Lipinski definition) is 1. The second-order valence-electron chi connectivity index (χ2n) is 2.22. The standard InChI is InChI=1S/C6H7ClN2O2S2/c1-3-8-6(13-9-3)12-2-4(7)5(10)11/h4H,2H2,1H3,(H,10,11). The van der Waals surface area contributed by atoms with Crippen molar-refractivity contribution in [2.24, 2.45) is 0 Å². The molecule has 0 radical (unpaired) electrons. The summed E-state index contributed by atoms with van der Waals surface area (Å²) in [5, 5.41) is 7.62. The van der Waals surface area contributed by atoms with Crippen LogP contribution in [-0.2, 0) is 4.79 Å². The minimum atomic E-state index is -1.00. The van der Waals surface area contributed by atoms with Crippen molar-refractivity contribution in [3.63, 3.8) is 0 Å². The molecule has 1 unspecified atom stereocenters. The highest BCUT2D eigenvalue weighted by atomic mass is 35.5. The van der Waals surface area contributed by atoms with E-state index >= 15 is 0 Å². The first-order valence-corrected chi connectivity index (χ1v) is 5.59. The summed E-state index contributed by atoms with van der Waals surface area (Å²) >= 11 is 8.07. The topological polar surface area (TPSA) is 63.1 Å². The van der Waals surface area contributed by atoms with E-state index in [1.165, 1.54) is 23.3 Å². The molecule has 1 aromatic heterocycles. The molecule has 1 N–H and O–H groups in total. The van der Waals surface area contributed by atoms with E-state index in [-0.39, 0.29) is 0 Å². The van der Waals surface area contributed by atoms with Gasteiger partial charge >= 0.3 is 5.97 Å². The Hall–Kier alpha value is -0.330. The number of carboxylic acids is 1. The van der Waals surface area contributed by atoms with Gasteiger partial charge in [0.25, 0.3) is 0 Å². The van der Waals surface area contributed by atoms with Gasteiger partial charge in [-0.25, -0.2) is 4.98 Å². The van der Waals surface area contributed by atoms with Crippen LogP contribution in [0.2, 0.25) is 0 Å². The van der Waals surface area contributed by atoms with E-state index in [2.05, 4.69) is 9.36 Å². The highest BCUT2D eigenvalue weighted by Gasteiger charge is 2.14. The van der Waals surface area contributed by atoms with Crippen LogP contribution in [0.3, 0.4) is 0 Å². The predicted octanol–water partition coefficient (Wildman–Crippen LogP) is 1.63. The van der Waals surface area contributed by atoms with Crippen molar-refractivity contribution in [2.45, 2.75) is 16.6 Å². The van der Waals surface area contributed by atoms with Crippen molar-refractivity contribution < 1.29 is 9.90 Å². The molecule has 7 heteroatoms. The van der Waals surface area contributed by atoms with Crippen molar-refractivity contribution in [1.82, 2.24) is 9.36 Å². The van der Waals surface area contributed by atoms with Crippen LogP contribution in [0.25, 0.3) is 0 Å². The number of thioether (sulfide) groups is 1. The lowest BCUT2D eigenvalue weighted by molar-refractivity contribution is -0.136. The SMILES string of the molecule is Cc1nsc(SCC(Cl)C(=O)O)n1. The molecule has 0 fully saturated rings. The van der Waals surface area contributed by atoms with Gasteiger partial charge in [-0.15, -0.1) is 11.6 Å². The Kier molecular flexibility index (Phi) is 3.95. The van der Waals surface area contributed by atoms with Gasteiger partial charge in [-0.3, -0.25) is 4.79 Å². The minimum absolute atomic E-state index is 0.311. The summed E-state index contributed by atoms with van der Waals surface area (Å²) in [6, 6.07) is 0. The molecule has 0 aromatic carbocycles. The fourth-order valence-corrected chi connectivity index (χ4v) is 2.32. The van der Waals surface area contributed by atoms with E-state index in [0.29, 0.717) is 11.6 Å². The molecule has 1 aromatic rings. The normalized spacial score (nSPS) is 12.8. The number of nitrogens with zero attached hydrogens (tertiary/aromatic N) is 2. The quantitative estimate of drug-likeness (QED) is 0.638. The number of alkyl halides is 1. The summed E-state index contributed by atoms with van der Waals surface area (Å²) in [7, 11) is 0. The second kappa shape index (κ2) is 4.78. The van der Waals surface area contributed by atoms with Crippen LogP contribution in [0.4, 0.5) is 0 Å². The molecule has 0 saturated carbocycles. The van der Waals surface area contributed by atoms with Crippen molar-refractivity contribution in [3.8, 4) is 0 Å². The van der Waals surface area contributed by atoms with E-state index in [9.17, 15) is 4.79 Å². The maximum Gasteiger partial charge on any atom is 0.322 e. The Morgan fingerprint density at radius 1 is 1.85 bits per heavy atom. The molecule has 1 rings (SSSR count). The number of aromatic nitrogens is 2. The van der Waals surface area contributed by atoms with Gasteiger partial charge in [0.2, 0.25) is 0 Å². The molecule has 13 heavy (non-hydrogen) atoms. The smallest absolute Gasteiger partial charge is 0.322 e. The molecule has 1 heterocycles. The molecule has 0 aliphatic carbocycles. The van der Waals surface area contributed by atoms with Gasteiger partial charge in [0.15, 0.2) is 4.34 Å². The predicted molar refractivity (Wildman–Crippen MR) is 52.6 cm³/mol. The molecule has 0 aliphatic heterocycles. The van der Waals surface area contributed by atoms with Crippen molar-refractivity contribution in [3.05, 3.63) is 5.82 Å². The average Bonchev–Trinajstić information content (AvgIpc) is 2.47. The van der Waals surface area contributed by atoms with Crippen LogP contribution in [0.15, 0.2) is 4.34 Å². The Balaban J connectivity index is 2.39. The zero-order valence-electron chi connectivity index (χ0n) is 6.73. The lowest BCUT2D eigenvalue weighted by atomic mass is 10.5. The van der Waals surface area contributed by atoms with Crippen molar-refractivity contribution in [1.29, 1.82) is 0 Å². The summed E-state index contributed by atoms with van der Waals surface area (Å²) in [5.41, 5.74) is 0. The monoisotopic (exact) mass is 238 g/mol. The number of aliphatic carboxylic acids is 1. The van der Waals surface area contributed by atoms with Gasteiger partial charge in [0, 0.05) is 5.75 Å². The van der Waals surface area contributed by atoms with E-state index in [1.54, 1.807) is 6.92 Å². The Labute approximate surface area is 88.5 Å². The van der Waals surface area contributed by atoms with E-state index in [0.717, 1.165) is 4.34 Å². The Morgan fingerprint density at radius 2 is 2.54 bits per heavy atom. The molecule has 0 bridgehead atoms. The highest BCUT2D eigenvalue weighted by Crippen LogP contribution is 2.21. The number of aryl methyl sites for hydroxylation is 1. The van der Waals surface area contributed by atoms with Gasteiger partial charge < -0.3 is 5.11 Å². The molecule has 72 valence electrons. The summed E-state index contributed by atoms with van der Waals surface area (Å²) in [6.07, 6.45) is 0. The van der Waals surface area contributed by atoms with Crippen LogP contribution >= 0.6 is 34.9 Å². The molecule has 1 atom stereocenters. The lowest BCUT2D eigenvalue weighted by Crippen LogP contribution is -2.15. The van der Waals surface area contributed by atoms with Crippen LogP contribution in [-0.4, -0.2) is 31.6 Å². The maximum absolute atomic E-state index is 10.3. The first-order chi connectivity index (χ1) is 6.09. The molecule has 0 amide bonds. The number of carbonyl (C=O) groups is 1. The van der Waals surface area contributed by atoms with Crippen LogP contribution in [0, 0.1) is 6.92 Å². The lowest BCUT2D eigenvalue weighted by Gasteiger charge is -1.99. The number of halogens is 1. The van der Waals surface area contributed by atoms with Crippen molar-refractivity contribution >= 4 is 40.9 Å². The van der Waals surface area contributed by atoms with Gasteiger partial charge in [-0.2, -0.15) is 4.37 Å². The van der Waals surface area contributed by atoms with Gasteiger partial charge in [0.05, 0.1) is 0 Å². The van der Waals surface area contributed by atoms with Crippen LogP contribution < -0.4 is 0 Å². The third kappa shape index (κ3) is 3.50. The van der Waals surface area contributed by atoms with E-state index in [1.807, 2.05) is 0 Å². The number of hydrogen-bond acceptors (Lipinski definition) is 5. The first kappa shape index (κ1) is 10.7. The molecular weight excluding hydrogens is 232 g/mol. The average molecular weight is 239 g/mol. The van der Waals surface area contributed by atoms with Gasteiger partial charge in [0.1, 0.15) is 11.2 Å². The summed E-state index contributed by atoms with van der Waals surface area (Å²) < 4.78 is 4.71. The summed E-state index contributed by atoms with van der Waals surface area (Å²) in [4.78, 5) is 14.4. The zero-order valence-corrected chi connectivity index (χ0v) is 9.12. The molecule has 4 nitrogen and oxygen atoms in total.